The average Bonchev–Trinajstić information content (AvgIpc) is 3.30. The zero-order valence-electron chi connectivity index (χ0n) is 35.0. The van der Waals surface area contributed by atoms with E-state index in [1.54, 1.807) is 24.3 Å². The molecule has 13 nitrogen and oxygen atoms in total. The number of hydrogen-bond donors (Lipinski definition) is 4. The molecule has 0 aliphatic carbocycles. The molecule has 2 heterocycles. The number of non-ortho nitro benzene ring substituents is 1. The third-order valence-electron chi connectivity index (χ3n) is 11.6. The number of para-hydroxylation sites is 2. The number of benzene rings is 5. The van der Waals surface area contributed by atoms with Crippen LogP contribution in [0.5, 0.6) is 0 Å². The summed E-state index contributed by atoms with van der Waals surface area (Å²) < 4.78 is 13.3. The summed E-state index contributed by atoms with van der Waals surface area (Å²) in [6.45, 7) is 4.45. The number of nitrogens with one attached hydrogen (secondary N) is 2. The highest BCUT2D eigenvalue weighted by molar-refractivity contribution is 5.93. The van der Waals surface area contributed by atoms with Crippen LogP contribution < -0.4 is 21.3 Å². The minimum absolute atomic E-state index is 0.00925. The number of ether oxygens (including phenoxy) is 2. The van der Waals surface area contributed by atoms with E-state index in [4.69, 9.17) is 15.2 Å². The van der Waals surface area contributed by atoms with Crippen molar-refractivity contribution in [2.75, 3.05) is 48.7 Å². The number of nitro groups is 1. The Bertz CT molecular complexity index is 2250. The lowest BCUT2D eigenvalue weighted by Crippen LogP contribution is -2.49. The minimum atomic E-state index is -0.577. The second kappa shape index (κ2) is 21.6. The monoisotopic (exact) mass is 840 g/mol. The van der Waals surface area contributed by atoms with Crippen LogP contribution in [0.1, 0.15) is 79.6 Å². The number of nitrogens with two attached hydrogens (primary N) is 1. The number of nitrogens with zero attached hydrogens (tertiary/aromatic N) is 3. The van der Waals surface area contributed by atoms with Gasteiger partial charge in [-0.3, -0.25) is 24.6 Å². The molecular formula is C49H56N6O7. The van der Waals surface area contributed by atoms with Gasteiger partial charge in [-0.15, -0.1) is 0 Å². The number of carbonyl (C=O) groups excluding carboxylic acids is 2. The van der Waals surface area contributed by atoms with Crippen molar-refractivity contribution >= 4 is 34.6 Å². The molecule has 2 fully saturated rings. The van der Waals surface area contributed by atoms with Gasteiger partial charge in [0.05, 0.1) is 35.1 Å². The Hall–Kier alpha value is -6.12. The van der Waals surface area contributed by atoms with Crippen molar-refractivity contribution in [1.82, 2.24) is 10.2 Å². The van der Waals surface area contributed by atoms with Crippen molar-refractivity contribution in [2.24, 2.45) is 0 Å². The van der Waals surface area contributed by atoms with Crippen LogP contribution in [-0.4, -0.2) is 65.6 Å². The second-order valence-electron chi connectivity index (χ2n) is 16.1. The van der Waals surface area contributed by atoms with Crippen LogP contribution >= 0.6 is 0 Å². The van der Waals surface area contributed by atoms with E-state index in [9.17, 15) is 24.8 Å². The van der Waals surface area contributed by atoms with Crippen molar-refractivity contribution in [3.8, 4) is 11.1 Å². The van der Waals surface area contributed by atoms with Crippen LogP contribution in [0.3, 0.4) is 0 Å². The van der Waals surface area contributed by atoms with Gasteiger partial charge < -0.3 is 35.8 Å². The molecule has 62 heavy (non-hydrogen) atoms. The average molecular weight is 841 g/mol. The molecule has 0 bridgehead atoms. The first kappa shape index (κ1) is 44.0. The van der Waals surface area contributed by atoms with E-state index in [0.717, 1.165) is 97.5 Å². The van der Waals surface area contributed by atoms with Crippen LogP contribution in [0.2, 0.25) is 0 Å². The number of hydrogen-bond acceptors (Lipinski definition) is 10. The van der Waals surface area contributed by atoms with Crippen LogP contribution in [0.4, 0.5) is 22.7 Å². The number of piperazine rings is 1. The fraction of sp³-hybridized carbons (Fsp3) is 0.347. The third-order valence-corrected chi connectivity index (χ3v) is 11.6. The zero-order chi connectivity index (χ0) is 43.3. The molecule has 2 aliphatic heterocycles. The molecule has 0 spiro atoms. The molecule has 3 atom stereocenters. The molecule has 7 rings (SSSR count). The summed E-state index contributed by atoms with van der Waals surface area (Å²) in [5.74, 6) is -0.0476. The standard InChI is InChI=1S/C49H56N6O7/c50-44-10-5-6-11-45(44)52-48(58)13-4-2-1-3-12-47(57)51-32-36-8-7-9-40(30-36)37-18-20-39(21-19-37)49-61-43(31-46(62-49)38-16-14-35(34-56)15-17-38)33-53-26-28-54(29-27-53)41-22-24-42(25-23-41)55(59)60/h5-11,14-25,30,43,46,49,56H,1-4,12-13,26-29,31-34,50H2,(H,51,57)(H,52,58)/t43-,46+,49+/m0/s1. The molecule has 0 aromatic heterocycles. The summed E-state index contributed by atoms with van der Waals surface area (Å²) in [5.41, 5.74) is 14.1. The van der Waals surface area contributed by atoms with Gasteiger partial charge in [0.25, 0.3) is 5.69 Å². The Morgan fingerprint density at radius 1 is 0.742 bits per heavy atom. The van der Waals surface area contributed by atoms with Crippen molar-refractivity contribution < 1.29 is 29.1 Å². The van der Waals surface area contributed by atoms with Gasteiger partial charge >= 0.3 is 0 Å². The molecular weight excluding hydrogens is 785 g/mol. The Labute approximate surface area is 363 Å². The van der Waals surface area contributed by atoms with Gasteiger partial charge in [-0.2, -0.15) is 0 Å². The number of aliphatic hydroxyl groups excluding tert-OH is 1. The number of nitrogen functional groups attached to an aromatic ring is 1. The predicted molar refractivity (Wildman–Crippen MR) is 241 cm³/mol. The predicted octanol–water partition coefficient (Wildman–Crippen LogP) is 8.30. The number of amides is 2. The van der Waals surface area contributed by atoms with Crippen molar-refractivity contribution in [3.63, 3.8) is 0 Å². The first-order chi connectivity index (χ1) is 30.2. The van der Waals surface area contributed by atoms with Crippen molar-refractivity contribution in [2.45, 2.75) is 76.6 Å². The molecule has 13 heteroatoms. The number of unbranched alkanes of at least 4 members (excludes halogenated alkanes) is 3. The maximum atomic E-state index is 12.7. The van der Waals surface area contributed by atoms with E-state index in [1.165, 1.54) is 0 Å². The quantitative estimate of drug-likeness (QED) is 0.0291. The Balaban J connectivity index is 0.894. The topological polar surface area (TPSA) is 173 Å². The summed E-state index contributed by atoms with van der Waals surface area (Å²) in [6, 6.07) is 38.3. The highest BCUT2D eigenvalue weighted by atomic mass is 16.7. The maximum absolute atomic E-state index is 12.7. The van der Waals surface area contributed by atoms with Gasteiger partial charge in [0.2, 0.25) is 11.8 Å². The van der Waals surface area contributed by atoms with Crippen molar-refractivity contribution in [3.05, 3.63) is 154 Å². The smallest absolute Gasteiger partial charge is 0.269 e. The first-order valence-corrected chi connectivity index (χ1v) is 21.5. The summed E-state index contributed by atoms with van der Waals surface area (Å²) >= 11 is 0. The molecule has 0 radical (unpaired) electrons. The molecule has 2 saturated heterocycles. The number of carbonyl (C=O) groups is 2. The Kier molecular flexibility index (Phi) is 15.3. The Morgan fingerprint density at radius 3 is 2.13 bits per heavy atom. The van der Waals surface area contributed by atoms with Crippen LogP contribution in [0, 0.1) is 10.1 Å². The van der Waals surface area contributed by atoms with E-state index in [0.29, 0.717) is 37.2 Å². The van der Waals surface area contributed by atoms with Crippen molar-refractivity contribution in [1.29, 1.82) is 0 Å². The molecule has 0 unspecified atom stereocenters. The highest BCUT2D eigenvalue weighted by Crippen LogP contribution is 2.39. The lowest BCUT2D eigenvalue weighted by molar-refractivity contribution is -0.384. The molecule has 5 aromatic carbocycles. The molecule has 5 aromatic rings. The fourth-order valence-electron chi connectivity index (χ4n) is 8.03. The minimum Gasteiger partial charge on any atom is -0.397 e. The van der Waals surface area contributed by atoms with E-state index < -0.39 is 6.29 Å². The van der Waals surface area contributed by atoms with Gasteiger partial charge in [-0.25, -0.2) is 0 Å². The van der Waals surface area contributed by atoms with Gasteiger partial charge in [-0.1, -0.05) is 91.7 Å². The van der Waals surface area contributed by atoms with Gasteiger partial charge in [-0.05, 0) is 71.0 Å². The number of anilines is 3. The highest BCUT2D eigenvalue weighted by Gasteiger charge is 2.34. The molecule has 324 valence electrons. The largest absolute Gasteiger partial charge is 0.397 e. The first-order valence-electron chi connectivity index (χ1n) is 21.5. The molecule has 2 amide bonds. The van der Waals surface area contributed by atoms with Gasteiger partial charge in [0, 0.05) is 81.9 Å². The summed E-state index contributed by atoms with van der Waals surface area (Å²) in [5, 5.41) is 26.7. The molecule has 2 aliphatic rings. The summed E-state index contributed by atoms with van der Waals surface area (Å²) in [6.07, 6.45) is 3.95. The second-order valence-corrected chi connectivity index (χ2v) is 16.1. The third kappa shape index (κ3) is 12.3. The van der Waals surface area contributed by atoms with Crippen LogP contribution in [-0.2, 0) is 32.2 Å². The molecule has 5 N–H and O–H groups in total. The van der Waals surface area contributed by atoms with Crippen LogP contribution in [0.15, 0.2) is 121 Å². The van der Waals surface area contributed by atoms with E-state index in [-0.39, 0.29) is 41.2 Å². The normalized spacial score (nSPS) is 18.0. The SMILES string of the molecule is Nc1ccccc1NC(=O)CCCCCCC(=O)NCc1cccc(-c2ccc([C@@H]3O[C@H](CN4CCN(c5ccc([N+](=O)[O-])cc5)CC4)C[C@H](c4ccc(CO)cc4)O3)cc2)c1. The van der Waals surface area contributed by atoms with E-state index in [1.807, 2.05) is 60.7 Å². The number of rotatable bonds is 18. The number of nitro benzene ring substituents is 1. The van der Waals surface area contributed by atoms with Gasteiger partial charge in [0.1, 0.15) is 0 Å². The van der Waals surface area contributed by atoms with E-state index >= 15 is 0 Å². The zero-order valence-corrected chi connectivity index (χ0v) is 35.0. The fourth-order valence-corrected chi connectivity index (χ4v) is 8.03. The maximum Gasteiger partial charge on any atom is 0.269 e. The van der Waals surface area contributed by atoms with Gasteiger partial charge in [0.15, 0.2) is 6.29 Å². The van der Waals surface area contributed by atoms with E-state index in [2.05, 4.69) is 56.8 Å². The molecule has 0 saturated carbocycles. The summed E-state index contributed by atoms with van der Waals surface area (Å²) in [4.78, 5) is 40.3. The lowest BCUT2D eigenvalue weighted by atomic mass is 9.98. The number of aliphatic hydroxyl groups is 1. The lowest BCUT2D eigenvalue weighted by Gasteiger charge is -2.41. The van der Waals surface area contributed by atoms with Crippen LogP contribution in [0.25, 0.3) is 11.1 Å². The Morgan fingerprint density at radius 2 is 1.44 bits per heavy atom. The summed E-state index contributed by atoms with van der Waals surface area (Å²) in [7, 11) is 0.